The van der Waals surface area contributed by atoms with Crippen LogP contribution in [0.25, 0.3) is 0 Å². The summed E-state index contributed by atoms with van der Waals surface area (Å²) in [6, 6.07) is 16.1. The van der Waals surface area contributed by atoms with Gasteiger partial charge in [-0.3, -0.25) is 0 Å². The van der Waals surface area contributed by atoms with Crippen molar-refractivity contribution in [3.63, 3.8) is 0 Å². The Morgan fingerprint density at radius 2 is 1.48 bits per heavy atom. The molecule has 0 spiro atoms. The molecular weight excluding hydrogens is 388 g/mol. The second-order valence-corrected chi connectivity index (χ2v) is 8.70. The second kappa shape index (κ2) is 12.3. The molecule has 4 heteroatoms. The van der Waals surface area contributed by atoms with E-state index in [4.69, 9.17) is 4.74 Å². The molecule has 0 bridgehead atoms. The highest BCUT2D eigenvalue weighted by Gasteiger charge is 2.36. The van der Waals surface area contributed by atoms with E-state index in [-0.39, 0.29) is 11.1 Å². The van der Waals surface area contributed by atoms with Gasteiger partial charge in [0.2, 0.25) is 0 Å². The average Bonchev–Trinajstić information content (AvgIpc) is 2.76. The molecule has 0 aliphatic rings. The van der Waals surface area contributed by atoms with Gasteiger partial charge in [-0.2, -0.15) is 0 Å². The summed E-state index contributed by atoms with van der Waals surface area (Å²) in [6.07, 6.45) is 7.96. The van der Waals surface area contributed by atoms with Gasteiger partial charge in [-0.15, -0.1) is 0 Å². The number of carboxylic acid groups (broad SMARTS) is 1. The zero-order valence-corrected chi connectivity index (χ0v) is 19.1. The molecule has 0 aliphatic heterocycles. The number of hydrogen-bond acceptors (Lipinski definition) is 3. The van der Waals surface area contributed by atoms with Crippen LogP contribution in [0, 0.1) is 5.92 Å². The number of carbonyl (C=O) groups excluding carboxylic acids is 1. The van der Waals surface area contributed by atoms with Crippen LogP contribution >= 0.6 is 0 Å². The van der Waals surface area contributed by atoms with Gasteiger partial charge in [0.15, 0.2) is 0 Å². The Bertz CT molecular complexity index is 828. The van der Waals surface area contributed by atoms with E-state index in [0.29, 0.717) is 6.42 Å². The lowest BCUT2D eigenvalue weighted by Crippen LogP contribution is -2.33. The molecule has 0 amide bonds. The van der Waals surface area contributed by atoms with Crippen LogP contribution in [0.5, 0.6) is 0 Å². The van der Waals surface area contributed by atoms with Crippen molar-refractivity contribution in [3.8, 4) is 0 Å². The van der Waals surface area contributed by atoms with Crippen LogP contribution in [-0.4, -0.2) is 17.0 Å². The van der Waals surface area contributed by atoms with E-state index in [0.717, 1.165) is 37.2 Å². The Morgan fingerprint density at radius 1 is 0.871 bits per heavy atom. The molecule has 2 aromatic rings. The highest BCUT2D eigenvalue weighted by Crippen LogP contribution is 2.37. The third kappa shape index (κ3) is 7.23. The van der Waals surface area contributed by atoms with Gasteiger partial charge >= 0.3 is 11.9 Å². The zero-order valence-electron chi connectivity index (χ0n) is 19.1. The van der Waals surface area contributed by atoms with Crippen LogP contribution in [0.4, 0.5) is 0 Å². The summed E-state index contributed by atoms with van der Waals surface area (Å²) in [7, 11) is 0. The van der Waals surface area contributed by atoms with Crippen molar-refractivity contribution in [2.24, 2.45) is 5.92 Å². The van der Waals surface area contributed by atoms with E-state index in [1.54, 1.807) is 12.1 Å². The number of carboxylic acids is 1. The predicted octanol–water partition coefficient (Wildman–Crippen LogP) is 7.23. The van der Waals surface area contributed by atoms with E-state index in [2.05, 4.69) is 20.8 Å². The Morgan fingerprint density at radius 3 is 2.10 bits per heavy atom. The first-order valence-electron chi connectivity index (χ1n) is 11.5. The zero-order chi connectivity index (χ0) is 22.7. The maximum Gasteiger partial charge on any atom is 0.339 e. The fourth-order valence-electron chi connectivity index (χ4n) is 4.12. The Kier molecular flexibility index (Phi) is 9.77. The molecule has 0 saturated carbocycles. The predicted molar refractivity (Wildman–Crippen MR) is 124 cm³/mol. The number of hydrogen-bond donors (Lipinski definition) is 1. The Hall–Kier alpha value is -2.62. The lowest BCUT2D eigenvalue weighted by atomic mass is 9.83. The molecule has 0 aliphatic carbocycles. The first-order chi connectivity index (χ1) is 14.9. The van der Waals surface area contributed by atoms with Crippen molar-refractivity contribution in [1.29, 1.82) is 0 Å². The third-order valence-electron chi connectivity index (χ3n) is 5.73. The highest BCUT2D eigenvalue weighted by molar-refractivity contribution is 6.02. The smallest absolute Gasteiger partial charge is 0.339 e. The molecule has 0 aromatic heterocycles. The van der Waals surface area contributed by atoms with Crippen LogP contribution in [0.1, 0.15) is 98.4 Å². The highest BCUT2D eigenvalue weighted by atomic mass is 16.6. The Balaban J connectivity index is 2.24. The number of carbonyl (C=O) groups is 2. The molecule has 31 heavy (non-hydrogen) atoms. The number of esters is 1. The fraction of sp³-hybridized carbons (Fsp3) is 0.481. The summed E-state index contributed by atoms with van der Waals surface area (Å²) in [5, 5.41) is 9.49. The van der Waals surface area contributed by atoms with Gasteiger partial charge in [0, 0.05) is 0 Å². The third-order valence-corrected chi connectivity index (χ3v) is 5.73. The normalized spacial score (nSPS) is 13.0. The van der Waals surface area contributed by atoms with Crippen LogP contribution in [0.15, 0.2) is 54.6 Å². The van der Waals surface area contributed by atoms with Crippen molar-refractivity contribution in [1.82, 2.24) is 0 Å². The monoisotopic (exact) mass is 424 g/mol. The number of ether oxygens (including phenoxy) is 1. The Labute approximate surface area is 186 Å². The molecule has 2 rings (SSSR count). The summed E-state index contributed by atoms with van der Waals surface area (Å²) in [6.45, 7) is 6.57. The molecule has 1 atom stereocenters. The second-order valence-electron chi connectivity index (χ2n) is 8.70. The van der Waals surface area contributed by atoms with Crippen molar-refractivity contribution >= 4 is 11.9 Å². The van der Waals surface area contributed by atoms with Crippen LogP contribution in [-0.2, 0) is 10.3 Å². The largest absolute Gasteiger partial charge is 0.478 e. The molecule has 0 saturated heterocycles. The molecular formula is C27H36O4. The summed E-state index contributed by atoms with van der Waals surface area (Å²) >= 11 is 0. The molecule has 4 nitrogen and oxygen atoms in total. The van der Waals surface area contributed by atoms with Crippen molar-refractivity contribution in [2.45, 2.75) is 77.7 Å². The summed E-state index contributed by atoms with van der Waals surface area (Å²) in [4.78, 5) is 24.8. The number of benzene rings is 2. The molecule has 1 unspecified atom stereocenters. The van der Waals surface area contributed by atoms with Crippen LogP contribution in [0.3, 0.4) is 0 Å². The maximum atomic E-state index is 13.2. The minimum atomic E-state index is -1.13. The molecule has 0 radical (unpaired) electrons. The van der Waals surface area contributed by atoms with Gasteiger partial charge in [-0.05, 0) is 42.9 Å². The standard InChI is InChI=1S/C27H36O4/c1-4-19-27(22-15-9-7-10-16-22,20-13-6-5-8-14-21(2)3)31-26(30)24-18-12-11-17-23(24)25(28)29/h7,9-12,15-18,21H,4-6,8,13-14,19-20H2,1-3H3,(H,28,29). The quantitative estimate of drug-likeness (QED) is 0.272. The first-order valence-corrected chi connectivity index (χ1v) is 11.5. The average molecular weight is 425 g/mol. The van der Waals surface area contributed by atoms with Crippen molar-refractivity contribution in [3.05, 3.63) is 71.3 Å². The van der Waals surface area contributed by atoms with Crippen molar-refractivity contribution in [2.75, 3.05) is 0 Å². The molecule has 1 N–H and O–H groups in total. The van der Waals surface area contributed by atoms with E-state index in [1.165, 1.54) is 31.4 Å². The SMILES string of the molecule is CCCC(CCCCCCC(C)C)(OC(=O)c1ccccc1C(=O)O)c1ccccc1. The lowest BCUT2D eigenvalue weighted by molar-refractivity contribution is -0.0332. The van der Waals surface area contributed by atoms with Gasteiger partial charge < -0.3 is 9.84 Å². The van der Waals surface area contributed by atoms with Crippen LogP contribution in [0.2, 0.25) is 0 Å². The van der Waals surface area contributed by atoms with E-state index < -0.39 is 17.5 Å². The van der Waals surface area contributed by atoms with Gasteiger partial charge in [0.1, 0.15) is 5.60 Å². The van der Waals surface area contributed by atoms with Gasteiger partial charge in [0.25, 0.3) is 0 Å². The summed E-state index contributed by atoms with van der Waals surface area (Å²) in [5.41, 5.74) is 0.291. The fourth-order valence-corrected chi connectivity index (χ4v) is 4.12. The minimum absolute atomic E-state index is 0.0281. The van der Waals surface area contributed by atoms with Gasteiger partial charge in [0.05, 0.1) is 11.1 Å². The molecule has 2 aromatic carbocycles. The molecule has 0 fully saturated rings. The summed E-state index contributed by atoms with van der Waals surface area (Å²) in [5.74, 6) is -0.979. The van der Waals surface area contributed by atoms with E-state index in [9.17, 15) is 14.7 Å². The van der Waals surface area contributed by atoms with Crippen LogP contribution < -0.4 is 0 Å². The summed E-state index contributed by atoms with van der Waals surface area (Å²) < 4.78 is 6.18. The van der Waals surface area contributed by atoms with E-state index >= 15 is 0 Å². The maximum absolute atomic E-state index is 13.2. The van der Waals surface area contributed by atoms with E-state index in [1.807, 2.05) is 30.3 Å². The number of aromatic carboxylic acids is 1. The van der Waals surface area contributed by atoms with Crippen molar-refractivity contribution < 1.29 is 19.4 Å². The van der Waals surface area contributed by atoms with Gasteiger partial charge in [-0.25, -0.2) is 9.59 Å². The molecule has 0 heterocycles. The van der Waals surface area contributed by atoms with Gasteiger partial charge in [-0.1, -0.05) is 95.3 Å². The minimum Gasteiger partial charge on any atom is -0.478 e. The number of unbranched alkanes of at least 4 members (excludes halogenated alkanes) is 3. The first kappa shape index (κ1) is 24.6. The lowest BCUT2D eigenvalue weighted by Gasteiger charge is -2.34. The number of rotatable bonds is 13. The topological polar surface area (TPSA) is 63.6 Å². The molecule has 168 valence electrons.